The van der Waals surface area contributed by atoms with E-state index in [1.165, 1.54) is 6.07 Å². The smallest absolute Gasteiger partial charge is 0.220 e. The number of benzene rings is 1. The molecule has 0 unspecified atom stereocenters. The average molecular weight is 334 g/mol. The van der Waals surface area contributed by atoms with E-state index < -0.39 is 0 Å². The molecule has 0 saturated carbocycles. The lowest BCUT2D eigenvalue weighted by Crippen LogP contribution is -1.95. The van der Waals surface area contributed by atoms with Crippen LogP contribution in [0, 0.1) is 6.92 Å². The molecule has 7 heteroatoms. The van der Waals surface area contributed by atoms with E-state index in [2.05, 4.69) is 15.0 Å². The van der Waals surface area contributed by atoms with Crippen LogP contribution in [0.1, 0.15) is 5.56 Å². The number of phenols is 1. The maximum Gasteiger partial charge on any atom is 0.220 e. The minimum absolute atomic E-state index is 0.127. The Morgan fingerprint density at radius 2 is 2.04 bits per heavy atom. The molecule has 0 atom stereocenters. The van der Waals surface area contributed by atoms with E-state index in [0.29, 0.717) is 28.7 Å². The van der Waals surface area contributed by atoms with Crippen molar-refractivity contribution < 1.29 is 14.3 Å². The molecule has 0 bridgehead atoms. The van der Waals surface area contributed by atoms with Gasteiger partial charge in [0.1, 0.15) is 17.2 Å². The highest BCUT2D eigenvalue weighted by molar-refractivity contribution is 5.87. The molecule has 0 radical (unpaired) electrons. The minimum atomic E-state index is 0.127. The number of furan rings is 1. The van der Waals surface area contributed by atoms with Gasteiger partial charge in [-0.1, -0.05) is 6.07 Å². The quantitative estimate of drug-likeness (QED) is 0.588. The van der Waals surface area contributed by atoms with Crippen molar-refractivity contribution in [2.24, 2.45) is 0 Å². The van der Waals surface area contributed by atoms with Crippen molar-refractivity contribution >= 4 is 16.9 Å². The molecule has 3 aromatic heterocycles. The molecular weight excluding hydrogens is 320 g/mol. The third kappa shape index (κ3) is 2.83. The van der Waals surface area contributed by atoms with Crippen molar-refractivity contribution in [3.63, 3.8) is 0 Å². The topological polar surface area (TPSA) is 107 Å². The molecular formula is C18H14N4O3. The summed E-state index contributed by atoms with van der Waals surface area (Å²) in [5.74, 6) is 1.82. The van der Waals surface area contributed by atoms with Gasteiger partial charge < -0.3 is 20.0 Å². The van der Waals surface area contributed by atoms with E-state index in [1.807, 2.05) is 6.92 Å². The number of nitrogen functional groups attached to an aromatic ring is 1. The molecule has 25 heavy (non-hydrogen) atoms. The highest BCUT2D eigenvalue weighted by Crippen LogP contribution is 2.34. The van der Waals surface area contributed by atoms with Crippen LogP contribution in [-0.2, 0) is 0 Å². The predicted octanol–water partition coefficient (Wildman–Crippen LogP) is 3.67. The molecule has 0 aliphatic rings. The van der Waals surface area contributed by atoms with Crippen LogP contribution in [0.4, 0.5) is 5.95 Å². The average Bonchev–Trinajstić information content (AvgIpc) is 2.92. The second-order valence-electron chi connectivity index (χ2n) is 5.47. The molecule has 0 saturated heterocycles. The van der Waals surface area contributed by atoms with Gasteiger partial charge in [0, 0.05) is 29.3 Å². The van der Waals surface area contributed by atoms with Gasteiger partial charge in [-0.05, 0) is 25.1 Å². The number of aromatic hydroxyl groups is 1. The highest BCUT2D eigenvalue weighted by Gasteiger charge is 2.15. The van der Waals surface area contributed by atoms with Crippen LogP contribution >= 0.6 is 0 Å². The first-order valence-electron chi connectivity index (χ1n) is 7.55. The molecule has 0 fully saturated rings. The molecule has 4 aromatic rings. The summed E-state index contributed by atoms with van der Waals surface area (Å²) >= 11 is 0. The van der Waals surface area contributed by atoms with Crippen LogP contribution in [0.2, 0.25) is 0 Å². The molecule has 3 heterocycles. The fourth-order valence-electron chi connectivity index (χ4n) is 2.58. The summed E-state index contributed by atoms with van der Waals surface area (Å²) in [4.78, 5) is 12.3. The van der Waals surface area contributed by atoms with E-state index in [4.69, 9.17) is 14.9 Å². The predicted molar refractivity (Wildman–Crippen MR) is 92.4 cm³/mol. The zero-order valence-electron chi connectivity index (χ0n) is 13.3. The van der Waals surface area contributed by atoms with E-state index in [1.54, 1.807) is 42.7 Å². The summed E-state index contributed by atoms with van der Waals surface area (Å²) in [5, 5.41) is 10.4. The third-order valence-electron chi connectivity index (χ3n) is 3.75. The second-order valence-corrected chi connectivity index (χ2v) is 5.47. The standard InChI is InChI=1S/C18H14N4O3/c1-10-13-8-16(24-12-4-2-3-11(23)7-12)21-9-15(13)25-17(10)14-5-6-20-18(19)22-14/h2-9,23H,1H3,(H2,19,20,22). The van der Waals surface area contributed by atoms with Gasteiger partial charge in [-0.15, -0.1) is 0 Å². The van der Waals surface area contributed by atoms with Crippen LogP contribution in [0.5, 0.6) is 17.4 Å². The number of nitrogens with zero attached hydrogens (tertiary/aromatic N) is 3. The van der Waals surface area contributed by atoms with Gasteiger partial charge in [-0.25, -0.2) is 15.0 Å². The lowest BCUT2D eigenvalue weighted by Gasteiger charge is -2.04. The second kappa shape index (κ2) is 5.79. The Bertz CT molecular complexity index is 1080. The first kappa shape index (κ1) is 14.9. The molecule has 124 valence electrons. The van der Waals surface area contributed by atoms with Crippen molar-refractivity contribution in [1.29, 1.82) is 0 Å². The number of pyridine rings is 1. The van der Waals surface area contributed by atoms with E-state index in [9.17, 15) is 5.11 Å². The zero-order valence-corrected chi connectivity index (χ0v) is 13.3. The largest absolute Gasteiger partial charge is 0.508 e. The Morgan fingerprint density at radius 3 is 2.84 bits per heavy atom. The number of hydrogen-bond donors (Lipinski definition) is 2. The van der Waals surface area contributed by atoms with Crippen LogP contribution in [0.15, 0.2) is 53.2 Å². The number of phenolic OH excluding ortho intramolecular Hbond substituents is 1. The van der Waals surface area contributed by atoms with Crippen LogP contribution in [0.25, 0.3) is 22.4 Å². The number of fused-ring (bicyclic) bond motifs is 1. The van der Waals surface area contributed by atoms with Crippen molar-refractivity contribution in [2.45, 2.75) is 6.92 Å². The summed E-state index contributed by atoms with van der Waals surface area (Å²) in [6.07, 6.45) is 3.17. The lowest BCUT2D eigenvalue weighted by molar-refractivity contribution is 0.446. The van der Waals surface area contributed by atoms with Gasteiger partial charge in [0.25, 0.3) is 0 Å². The third-order valence-corrected chi connectivity index (χ3v) is 3.75. The lowest BCUT2D eigenvalue weighted by atomic mass is 10.1. The Kier molecular flexibility index (Phi) is 3.46. The number of ether oxygens (including phenoxy) is 1. The SMILES string of the molecule is Cc1c(-c2ccnc(N)n2)oc2cnc(Oc3cccc(O)c3)cc12. The molecule has 7 nitrogen and oxygen atoms in total. The van der Waals surface area contributed by atoms with Gasteiger partial charge in [-0.2, -0.15) is 0 Å². The van der Waals surface area contributed by atoms with E-state index >= 15 is 0 Å². The van der Waals surface area contributed by atoms with Gasteiger partial charge >= 0.3 is 0 Å². The Balaban J connectivity index is 1.75. The van der Waals surface area contributed by atoms with E-state index in [-0.39, 0.29) is 11.7 Å². The van der Waals surface area contributed by atoms with Crippen molar-refractivity contribution in [3.8, 4) is 28.8 Å². The maximum atomic E-state index is 9.52. The molecule has 0 aliphatic heterocycles. The molecule has 0 spiro atoms. The fraction of sp³-hybridized carbons (Fsp3) is 0.0556. The highest BCUT2D eigenvalue weighted by atomic mass is 16.5. The zero-order chi connectivity index (χ0) is 17.4. The normalized spacial score (nSPS) is 10.9. The van der Waals surface area contributed by atoms with Gasteiger partial charge in [0.15, 0.2) is 11.3 Å². The minimum Gasteiger partial charge on any atom is -0.508 e. The number of nitrogens with two attached hydrogens (primary N) is 1. The Labute approximate surface area is 142 Å². The molecule has 0 amide bonds. The maximum absolute atomic E-state index is 9.52. The summed E-state index contributed by atoms with van der Waals surface area (Å²) in [5.41, 5.74) is 7.77. The van der Waals surface area contributed by atoms with Gasteiger partial charge in [0.05, 0.1) is 6.20 Å². The summed E-state index contributed by atoms with van der Waals surface area (Å²) in [6, 6.07) is 10.0. The number of hydrogen-bond acceptors (Lipinski definition) is 7. The van der Waals surface area contributed by atoms with Crippen molar-refractivity contribution in [1.82, 2.24) is 15.0 Å². The Hall–Kier alpha value is -3.61. The first-order valence-corrected chi connectivity index (χ1v) is 7.55. The fourth-order valence-corrected chi connectivity index (χ4v) is 2.58. The number of rotatable bonds is 3. The molecule has 4 rings (SSSR count). The van der Waals surface area contributed by atoms with Crippen LogP contribution < -0.4 is 10.5 Å². The van der Waals surface area contributed by atoms with Crippen molar-refractivity contribution in [3.05, 3.63) is 54.4 Å². The summed E-state index contributed by atoms with van der Waals surface area (Å²) in [7, 11) is 0. The molecule has 0 aliphatic carbocycles. The Morgan fingerprint density at radius 1 is 1.16 bits per heavy atom. The molecule has 3 N–H and O–H groups in total. The number of aryl methyl sites for hydroxylation is 1. The number of anilines is 1. The van der Waals surface area contributed by atoms with Crippen LogP contribution in [0.3, 0.4) is 0 Å². The first-order chi connectivity index (χ1) is 12.1. The monoisotopic (exact) mass is 334 g/mol. The summed E-state index contributed by atoms with van der Waals surface area (Å²) in [6.45, 7) is 1.93. The van der Waals surface area contributed by atoms with Gasteiger partial charge in [0.2, 0.25) is 11.8 Å². The van der Waals surface area contributed by atoms with Gasteiger partial charge in [-0.3, -0.25) is 0 Å². The number of aromatic nitrogens is 3. The summed E-state index contributed by atoms with van der Waals surface area (Å²) < 4.78 is 11.6. The molecule has 1 aromatic carbocycles. The van der Waals surface area contributed by atoms with Crippen molar-refractivity contribution in [2.75, 3.05) is 5.73 Å². The van der Waals surface area contributed by atoms with E-state index in [0.717, 1.165) is 10.9 Å². The van der Waals surface area contributed by atoms with Crippen LogP contribution in [-0.4, -0.2) is 20.1 Å².